The lowest BCUT2D eigenvalue weighted by atomic mass is 9.86. The maximum Gasteiger partial charge on any atom is 0.203 e. The van der Waals surface area contributed by atoms with Gasteiger partial charge in [0.15, 0.2) is 0 Å². The number of carbonyl (C=O) groups excluding carboxylic acids is 1. The first-order valence-electron chi connectivity index (χ1n) is 4.81. The van der Waals surface area contributed by atoms with Gasteiger partial charge in [-0.15, -0.1) is 12.6 Å². The van der Waals surface area contributed by atoms with E-state index in [9.17, 15) is 4.79 Å². The largest absolute Gasteiger partial charge is 0.293 e. The van der Waals surface area contributed by atoms with Crippen LogP contribution in [-0.4, -0.2) is 29.1 Å². The van der Waals surface area contributed by atoms with Crippen molar-refractivity contribution in [3.63, 3.8) is 0 Å². The summed E-state index contributed by atoms with van der Waals surface area (Å²) in [6, 6.07) is -0.0779. The van der Waals surface area contributed by atoms with E-state index in [0.29, 0.717) is 0 Å². The zero-order valence-corrected chi connectivity index (χ0v) is 10.2. The molecule has 1 atom stereocenters. The molecule has 0 aliphatic rings. The highest BCUT2D eigenvalue weighted by atomic mass is 32.1. The van der Waals surface area contributed by atoms with Crippen molar-refractivity contribution in [1.82, 2.24) is 4.90 Å². The number of nitrogens with zero attached hydrogens (tertiary/aromatic N) is 1. The third kappa shape index (κ3) is 3.69. The maximum atomic E-state index is 11.4. The summed E-state index contributed by atoms with van der Waals surface area (Å²) in [5.41, 5.74) is -0.0369. The molecule has 3 heteroatoms. The van der Waals surface area contributed by atoms with Gasteiger partial charge in [0, 0.05) is 0 Å². The third-order valence-electron chi connectivity index (χ3n) is 2.23. The monoisotopic (exact) mass is 203 g/mol. The average molecular weight is 203 g/mol. The molecule has 0 unspecified atom stereocenters. The topological polar surface area (TPSA) is 20.3 Å². The van der Waals surface area contributed by atoms with Crippen LogP contribution in [0.3, 0.4) is 0 Å². The van der Waals surface area contributed by atoms with Crippen LogP contribution in [0.2, 0.25) is 0 Å². The Morgan fingerprint density at radius 3 is 1.77 bits per heavy atom. The predicted molar refractivity (Wildman–Crippen MR) is 60.2 cm³/mol. The molecular weight excluding hydrogens is 182 g/mol. The molecule has 2 nitrogen and oxygen atoms in total. The van der Waals surface area contributed by atoms with E-state index in [1.54, 1.807) is 0 Å². The summed E-state index contributed by atoms with van der Waals surface area (Å²) in [5, 5.41) is -0.0313. The Morgan fingerprint density at radius 1 is 1.31 bits per heavy atom. The van der Waals surface area contributed by atoms with Gasteiger partial charge in [-0.1, -0.05) is 34.6 Å². The van der Waals surface area contributed by atoms with Gasteiger partial charge in [0.2, 0.25) is 5.12 Å². The third-order valence-corrected chi connectivity index (χ3v) is 2.48. The summed E-state index contributed by atoms with van der Waals surface area (Å²) in [7, 11) is 0. The first-order chi connectivity index (χ1) is 5.84. The molecule has 0 amide bonds. The highest BCUT2D eigenvalue weighted by Gasteiger charge is 2.33. The highest BCUT2D eigenvalue weighted by Crippen LogP contribution is 2.25. The number of rotatable bonds is 4. The van der Waals surface area contributed by atoms with Crippen LogP contribution < -0.4 is 0 Å². The number of likely N-dealkylation sites (N-methyl/N-ethyl adjacent to an activating group) is 1. The number of carbonyl (C=O) groups is 1. The molecule has 0 aliphatic carbocycles. The van der Waals surface area contributed by atoms with Crippen molar-refractivity contribution in [3.8, 4) is 0 Å². The van der Waals surface area contributed by atoms with Crippen LogP contribution in [0.15, 0.2) is 0 Å². The molecule has 0 aromatic carbocycles. The summed E-state index contributed by atoms with van der Waals surface area (Å²) >= 11 is 3.95. The van der Waals surface area contributed by atoms with Crippen molar-refractivity contribution in [3.05, 3.63) is 0 Å². The van der Waals surface area contributed by atoms with E-state index < -0.39 is 0 Å². The number of thiol groups is 1. The van der Waals surface area contributed by atoms with E-state index in [0.717, 1.165) is 13.1 Å². The lowest BCUT2D eigenvalue weighted by molar-refractivity contribution is -0.118. The Labute approximate surface area is 87.1 Å². The van der Waals surface area contributed by atoms with Gasteiger partial charge in [-0.25, -0.2) is 0 Å². The van der Waals surface area contributed by atoms with Crippen LogP contribution >= 0.6 is 12.6 Å². The lowest BCUT2D eigenvalue weighted by Gasteiger charge is -2.36. The summed E-state index contributed by atoms with van der Waals surface area (Å²) in [4.78, 5) is 13.5. The summed E-state index contributed by atoms with van der Waals surface area (Å²) in [6.45, 7) is 12.1. The van der Waals surface area contributed by atoms with E-state index in [1.165, 1.54) is 0 Å². The maximum absolute atomic E-state index is 11.4. The Balaban J connectivity index is 4.69. The minimum atomic E-state index is -0.0779. The van der Waals surface area contributed by atoms with Crippen molar-refractivity contribution in [2.45, 2.75) is 40.7 Å². The van der Waals surface area contributed by atoms with Crippen LogP contribution in [0, 0.1) is 5.41 Å². The molecule has 0 heterocycles. The van der Waals surface area contributed by atoms with Gasteiger partial charge < -0.3 is 0 Å². The fourth-order valence-corrected chi connectivity index (χ4v) is 2.21. The molecule has 0 saturated carbocycles. The van der Waals surface area contributed by atoms with Gasteiger partial charge in [-0.3, -0.25) is 9.69 Å². The Hall–Kier alpha value is -0.0200. The van der Waals surface area contributed by atoms with Crippen molar-refractivity contribution in [1.29, 1.82) is 0 Å². The SMILES string of the molecule is CCN(CC)[C@@H](C(=O)S)C(C)(C)C. The van der Waals surface area contributed by atoms with Gasteiger partial charge in [-0.2, -0.15) is 0 Å². The predicted octanol–water partition coefficient (Wildman–Crippen LogP) is 2.20. The number of hydrogen-bond acceptors (Lipinski definition) is 2. The summed E-state index contributed by atoms with van der Waals surface area (Å²) in [6.07, 6.45) is 0. The summed E-state index contributed by atoms with van der Waals surface area (Å²) in [5.74, 6) is 0. The van der Waals surface area contributed by atoms with Crippen LogP contribution in [0.1, 0.15) is 34.6 Å². The molecule has 0 rings (SSSR count). The van der Waals surface area contributed by atoms with E-state index >= 15 is 0 Å². The van der Waals surface area contributed by atoms with Gasteiger partial charge in [0.05, 0.1) is 6.04 Å². The van der Waals surface area contributed by atoms with Crippen molar-refractivity contribution >= 4 is 17.7 Å². The zero-order valence-electron chi connectivity index (χ0n) is 9.29. The first kappa shape index (κ1) is 13.0. The first-order valence-corrected chi connectivity index (χ1v) is 5.26. The molecule has 0 saturated heterocycles. The van der Waals surface area contributed by atoms with E-state index in [1.807, 2.05) is 0 Å². The fraction of sp³-hybridized carbons (Fsp3) is 0.900. The molecule has 0 radical (unpaired) electrons. The quantitative estimate of drug-likeness (QED) is 0.707. The van der Waals surface area contributed by atoms with Gasteiger partial charge >= 0.3 is 0 Å². The van der Waals surface area contributed by atoms with Gasteiger partial charge in [0.1, 0.15) is 0 Å². The van der Waals surface area contributed by atoms with Crippen molar-refractivity contribution in [2.24, 2.45) is 5.41 Å². The molecule has 0 N–H and O–H groups in total. The Bertz CT molecular complexity index is 170. The van der Waals surface area contributed by atoms with Crippen molar-refractivity contribution < 1.29 is 4.79 Å². The summed E-state index contributed by atoms with van der Waals surface area (Å²) < 4.78 is 0. The molecule has 0 aromatic rings. The highest BCUT2D eigenvalue weighted by molar-refractivity contribution is 7.96. The molecule has 78 valence electrons. The van der Waals surface area contributed by atoms with E-state index in [4.69, 9.17) is 0 Å². The normalized spacial score (nSPS) is 14.7. The zero-order chi connectivity index (χ0) is 10.6. The fourth-order valence-electron chi connectivity index (χ4n) is 1.66. The molecule has 0 spiro atoms. The van der Waals surface area contributed by atoms with E-state index in [-0.39, 0.29) is 16.6 Å². The minimum Gasteiger partial charge on any atom is -0.293 e. The van der Waals surface area contributed by atoms with E-state index in [2.05, 4.69) is 52.1 Å². The van der Waals surface area contributed by atoms with Crippen LogP contribution in [0.4, 0.5) is 0 Å². The molecule has 0 aliphatic heterocycles. The molecule has 0 aromatic heterocycles. The van der Waals surface area contributed by atoms with Gasteiger partial charge in [-0.05, 0) is 18.5 Å². The standard InChI is InChI=1S/C10H21NOS/c1-6-11(7-2)8(9(12)13)10(3,4)5/h8H,6-7H2,1-5H3,(H,12,13)/t8-/m0/s1. The average Bonchev–Trinajstić information content (AvgIpc) is 1.96. The molecule has 0 fully saturated rings. The molecular formula is C10H21NOS. The second-order valence-electron chi connectivity index (χ2n) is 4.33. The second-order valence-corrected chi connectivity index (χ2v) is 4.77. The van der Waals surface area contributed by atoms with Crippen LogP contribution in [0.5, 0.6) is 0 Å². The minimum absolute atomic E-state index is 0.0313. The molecule has 0 bridgehead atoms. The van der Waals surface area contributed by atoms with Crippen LogP contribution in [-0.2, 0) is 4.79 Å². The van der Waals surface area contributed by atoms with Gasteiger partial charge in [0.25, 0.3) is 0 Å². The molecule has 13 heavy (non-hydrogen) atoms. The lowest BCUT2D eigenvalue weighted by Crippen LogP contribution is -2.47. The number of hydrogen-bond donors (Lipinski definition) is 1. The Kier molecular flexibility index (Phi) is 5.00. The van der Waals surface area contributed by atoms with Crippen LogP contribution in [0.25, 0.3) is 0 Å². The van der Waals surface area contributed by atoms with Crippen molar-refractivity contribution in [2.75, 3.05) is 13.1 Å². The second kappa shape index (κ2) is 5.01. The smallest absolute Gasteiger partial charge is 0.203 e. The Morgan fingerprint density at radius 2 is 1.69 bits per heavy atom.